The molecule has 0 spiro atoms. The van der Waals surface area contributed by atoms with Crippen LogP contribution in [0, 0.1) is 5.92 Å². The van der Waals surface area contributed by atoms with Crippen molar-refractivity contribution in [3.8, 4) is 0 Å². The molecule has 18 heavy (non-hydrogen) atoms. The summed E-state index contributed by atoms with van der Waals surface area (Å²) >= 11 is 0. The molecular formula is C16H31NO. The lowest BCUT2D eigenvalue weighted by atomic mass is 9.73. The van der Waals surface area contributed by atoms with Crippen molar-refractivity contribution >= 4 is 5.78 Å². The third-order valence-corrected chi connectivity index (χ3v) is 4.73. The van der Waals surface area contributed by atoms with Crippen molar-refractivity contribution in [1.82, 2.24) is 4.90 Å². The second-order valence-corrected chi connectivity index (χ2v) is 6.34. The van der Waals surface area contributed by atoms with Crippen molar-refractivity contribution in [3.05, 3.63) is 0 Å². The summed E-state index contributed by atoms with van der Waals surface area (Å²) < 4.78 is 0. The third-order valence-electron chi connectivity index (χ3n) is 4.73. The SMILES string of the molecule is CCCCCCC(=O)C1(N(C)C)CCC(C)CC1. The fraction of sp³-hybridized carbons (Fsp3) is 0.938. The standard InChI is InChI=1S/C16H31NO/c1-5-6-7-8-9-15(18)16(17(3)4)12-10-14(2)11-13-16/h14H,5-13H2,1-4H3. The Hall–Kier alpha value is -0.370. The van der Waals surface area contributed by atoms with Gasteiger partial charge < -0.3 is 0 Å². The number of carbonyl (C=O) groups excluding carboxylic acids is 1. The average molecular weight is 253 g/mol. The molecule has 0 heterocycles. The van der Waals surface area contributed by atoms with Gasteiger partial charge in [0, 0.05) is 6.42 Å². The van der Waals surface area contributed by atoms with Crippen molar-refractivity contribution in [2.24, 2.45) is 5.92 Å². The highest BCUT2D eigenvalue weighted by molar-refractivity contribution is 5.88. The van der Waals surface area contributed by atoms with Crippen molar-refractivity contribution in [2.45, 2.75) is 77.2 Å². The Bertz CT molecular complexity index is 252. The van der Waals surface area contributed by atoms with Crippen LogP contribution in [0.1, 0.15) is 71.6 Å². The van der Waals surface area contributed by atoms with E-state index in [0.29, 0.717) is 5.78 Å². The summed E-state index contributed by atoms with van der Waals surface area (Å²) in [5.41, 5.74) is -0.140. The van der Waals surface area contributed by atoms with Crippen LogP contribution in [0.3, 0.4) is 0 Å². The fourth-order valence-electron chi connectivity index (χ4n) is 3.16. The number of rotatable bonds is 7. The zero-order valence-electron chi connectivity index (χ0n) is 12.8. The lowest BCUT2D eigenvalue weighted by Gasteiger charge is -2.43. The van der Waals surface area contributed by atoms with E-state index in [9.17, 15) is 4.79 Å². The first-order valence-corrected chi connectivity index (χ1v) is 7.73. The van der Waals surface area contributed by atoms with Crippen molar-refractivity contribution < 1.29 is 4.79 Å². The van der Waals surface area contributed by atoms with Gasteiger partial charge in [-0.1, -0.05) is 33.1 Å². The molecule has 1 aliphatic carbocycles. The van der Waals surface area contributed by atoms with Crippen LogP contribution in [0.5, 0.6) is 0 Å². The zero-order chi connectivity index (χ0) is 13.6. The quantitative estimate of drug-likeness (QED) is 0.638. The van der Waals surface area contributed by atoms with Crippen LogP contribution < -0.4 is 0 Å². The maximum absolute atomic E-state index is 12.6. The van der Waals surface area contributed by atoms with Gasteiger partial charge in [0.15, 0.2) is 5.78 Å². The van der Waals surface area contributed by atoms with Gasteiger partial charge in [0.25, 0.3) is 0 Å². The Balaban J connectivity index is 2.53. The van der Waals surface area contributed by atoms with E-state index in [2.05, 4.69) is 32.8 Å². The van der Waals surface area contributed by atoms with Gasteiger partial charge in [-0.2, -0.15) is 0 Å². The lowest BCUT2D eigenvalue weighted by molar-refractivity contribution is -0.132. The molecule has 0 aromatic rings. The zero-order valence-corrected chi connectivity index (χ0v) is 12.8. The summed E-state index contributed by atoms with van der Waals surface area (Å²) in [6.45, 7) is 4.52. The molecule has 0 unspecified atom stereocenters. The molecule has 1 fully saturated rings. The maximum atomic E-state index is 12.6. The molecule has 0 aliphatic heterocycles. The molecule has 1 aliphatic rings. The van der Waals surface area contributed by atoms with Gasteiger partial charge in [-0.3, -0.25) is 9.69 Å². The summed E-state index contributed by atoms with van der Waals surface area (Å²) in [4.78, 5) is 14.8. The fourth-order valence-corrected chi connectivity index (χ4v) is 3.16. The van der Waals surface area contributed by atoms with Gasteiger partial charge in [-0.05, 0) is 52.1 Å². The minimum atomic E-state index is -0.140. The van der Waals surface area contributed by atoms with Gasteiger partial charge in [-0.15, -0.1) is 0 Å². The Morgan fingerprint density at radius 1 is 1.17 bits per heavy atom. The van der Waals surface area contributed by atoms with Crippen LogP contribution >= 0.6 is 0 Å². The van der Waals surface area contributed by atoms with Crippen LogP contribution in [0.15, 0.2) is 0 Å². The van der Waals surface area contributed by atoms with E-state index in [1.807, 2.05) is 0 Å². The normalized spacial score (nSPS) is 28.6. The molecule has 0 aromatic heterocycles. The van der Waals surface area contributed by atoms with Crippen LogP contribution in [0.2, 0.25) is 0 Å². The molecule has 0 radical (unpaired) electrons. The monoisotopic (exact) mass is 253 g/mol. The average Bonchev–Trinajstić information content (AvgIpc) is 2.35. The van der Waals surface area contributed by atoms with Crippen LogP contribution in [0.25, 0.3) is 0 Å². The lowest BCUT2D eigenvalue weighted by Crippen LogP contribution is -2.53. The molecule has 2 heteroatoms. The summed E-state index contributed by atoms with van der Waals surface area (Å²) in [6, 6.07) is 0. The van der Waals surface area contributed by atoms with Crippen LogP contribution in [-0.4, -0.2) is 30.3 Å². The molecule has 0 amide bonds. The summed E-state index contributed by atoms with van der Waals surface area (Å²) in [6.07, 6.45) is 10.1. The smallest absolute Gasteiger partial charge is 0.153 e. The van der Waals surface area contributed by atoms with E-state index in [-0.39, 0.29) is 5.54 Å². The molecule has 106 valence electrons. The first-order valence-electron chi connectivity index (χ1n) is 7.73. The van der Waals surface area contributed by atoms with Crippen molar-refractivity contribution in [1.29, 1.82) is 0 Å². The molecule has 0 aromatic carbocycles. The molecule has 1 rings (SSSR count). The summed E-state index contributed by atoms with van der Waals surface area (Å²) in [5.74, 6) is 1.29. The number of ketones is 1. The van der Waals surface area contributed by atoms with Crippen LogP contribution in [-0.2, 0) is 4.79 Å². The van der Waals surface area contributed by atoms with Gasteiger partial charge in [0.1, 0.15) is 0 Å². The van der Waals surface area contributed by atoms with Gasteiger partial charge in [-0.25, -0.2) is 0 Å². The number of carbonyl (C=O) groups is 1. The van der Waals surface area contributed by atoms with E-state index < -0.39 is 0 Å². The minimum absolute atomic E-state index is 0.140. The van der Waals surface area contributed by atoms with E-state index in [0.717, 1.165) is 31.6 Å². The number of hydrogen-bond donors (Lipinski definition) is 0. The molecular weight excluding hydrogens is 222 g/mol. The molecule has 0 N–H and O–H groups in total. The number of unbranched alkanes of at least 4 members (excludes halogenated alkanes) is 3. The molecule has 0 saturated heterocycles. The van der Waals surface area contributed by atoms with E-state index >= 15 is 0 Å². The Morgan fingerprint density at radius 2 is 1.78 bits per heavy atom. The minimum Gasteiger partial charge on any atom is -0.298 e. The Labute approximate surface area is 113 Å². The molecule has 0 bridgehead atoms. The Kier molecular flexibility index (Phi) is 6.34. The highest BCUT2D eigenvalue weighted by atomic mass is 16.1. The highest BCUT2D eigenvalue weighted by Crippen LogP contribution is 2.37. The van der Waals surface area contributed by atoms with Crippen molar-refractivity contribution in [2.75, 3.05) is 14.1 Å². The van der Waals surface area contributed by atoms with Crippen molar-refractivity contribution in [3.63, 3.8) is 0 Å². The van der Waals surface area contributed by atoms with E-state index in [1.54, 1.807) is 0 Å². The first kappa shape index (κ1) is 15.7. The second-order valence-electron chi connectivity index (χ2n) is 6.34. The van der Waals surface area contributed by atoms with E-state index in [4.69, 9.17) is 0 Å². The topological polar surface area (TPSA) is 20.3 Å². The van der Waals surface area contributed by atoms with E-state index in [1.165, 1.54) is 32.1 Å². The summed E-state index contributed by atoms with van der Waals surface area (Å²) in [7, 11) is 4.17. The first-order chi connectivity index (χ1) is 8.53. The number of hydrogen-bond acceptors (Lipinski definition) is 2. The molecule has 0 atom stereocenters. The molecule has 2 nitrogen and oxygen atoms in total. The van der Waals surface area contributed by atoms with Gasteiger partial charge in [0.05, 0.1) is 5.54 Å². The van der Waals surface area contributed by atoms with Gasteiger partial charge >= 0.3 is 0 Å². The number of likely N-dealkylation sites (N-methyl/N-ethyl adjacent to an activating group) is 1. The summed E-state index contributed by atoms with van der Waals surface area (Å²) in [5, 5.41) is 0. The predicted octanol–water partition coefficient (Wildman–Crippen LogP) is 4.04. The largest absolute Gasteiger partial charge is 0.298 e. The second kappa shape index (κ2) is 7.28. The van der Waals surface area contributed by atoms with Gasteiger partial charge in [0.2, 0.25) is 0 Å². The van der Waals surface area contributed by atoms with Crippen LogP contribution in [0.4, 0.5) is 0 Å². The number of nitrogens with zero attached hydrogens (tertiary/aromatic N) is 1. The molecule has 1 saturated carbocycles. The number of Topliss-reactive ketones (excluding diaryl/α,β-unsaturated/α-hetero) is 1. The Morgan fingerprint density at radius 3 is 2.28 bits per heavy atom. The highest BCUT2D eigenvalue weighted by Gasteiger charge is 2.41. The predicted molar refractivity (Wildman–Crippen MR) is 77.8 cm³/mol. The third kappa shape index (κ3) is 3.81. The maximum Gasteiger partial charge on any atom is 0.153 e.